The SMILES string of the molecule is CCOC(=O)c1ccc(C(=O)Nc2cccc(NC(=O)c3cccs3)c2)nc1C. The summed E-state index contributed by atoms with van der Waals surface area (Å²) >= 11 is 1.35. The maximum absolute atomic E-state index is 12.5. The Morgan fingerprint density at radius 3 is 2.34 bits per heavy atom. The van der Waals surface area contributed by atoms with Crippen molar-refractivity contribution in [3.8, 4) is 0 Å². The van der Waals surface area contributed by atoms with Gasteiger partial charge in [0.05, 0.1) is 22.7 Å². The molecule has 0 saturated heterocycles. The van der Waals surface area contributed by atoms with Crippen LogP contribution in [0.15, 0.2) is 53.9 Å². The normalized spacial score (nSPS) is 10.3. The van der Waals surface area contributed by atoms with E-state index in [4.69, 9.17) is 4.74 Å². The third kappa shape index (κ3) is 5.05. The first-order chi connectivity index (χ1) is 14.0. The topological polar surface area (TPSA) is 97.4 Å². The quantitative estimate of drug-likeness (QED) is 0.597. The number of aromatic nitrogens is 1. The van der Waals surface area contributed by atoms with Crippen LogP contribution < -0.4 is 10.6 Å². The predicted octanol–water partition coefficient (Wildman–Crippen LogP) is 4.13. The van der Waals surface area contributed by atoms with Crippen LogP contribution in [0.3, 0.4) is 0 Å². The van der Waals surface area contributed by atoms with Gasteiger partial charge in [-0.3, -0.25) is 9.59 Å². The molecule has 148 valence electrons. The van der Waals surface area contributed by atoms with E-state index in [1.807, 2.05) is 5.38 Å². The molecule has 8 heteroatoms. The van der Waals surface area contributed by atoms with Crippen LogP contribution >= 0.6 is 11.3 Å². The molecule has 0 bridgehead atoms. The first kappa shape index (κ1) is 20.2. The van der Waals surface area contributed by atoms with Crippen LogP contribution in [-0.2, 0) is 4.74 Å². The first-order valence-corrected chi connectivity index (χ1v) is 9.77. The highest BCUT2D eigenvalue weighted by molar-refractivity contribution is 7.12. The van der Waals surface area contributed by atoms with Crippen LogP contribution in [0, 0.1) is 6.92 Å². The van der Waals surface area contributed by atoms with Crippen LogP contribution in [0.1, 0.15) is 43.1 Å². The van der Waals surface area contributed by atoms with Gasteiger partial charge in [0.25, 0.3) is 11.8 Å². The molecule has 0 fully saturated rings. The van der Waals surface area contributed by atoms with Crippen molar-refractivity contribution in [2.45, 2.75) is 13.8 Å². The van der Waals surface area contributed by atoms with Crippen LogP contribution in [0.25, 0.3) is 0 Å². The van der Waals surface area contributed by atoms with Crippen molar-refractivity contribution in [1.82, 2.24) is 4.98 Å². The molecule has 0 aliphatic carbocycles. The van der Waals surface area contributed by atoms with Crippen LogP contribution in [-0.4, -0.2) is 29.4 Å². The van der Waals surface area contributed by atoms with Crippen molar-refractivity contribution < 1.29 is 19.1 Å². The molecule has 1 aromatic carbocycles. The number of nitrogens with zero attached hydrogens (tertiary/aromatic N) is 1. The highest BCUT2D eigenvalue weighted by atomic mass is 32.1. The van der Waals surface area contributed by atoms with E-state index in [0.717, 1.165) is 0 Å². The number of ether oxygens (including phenoxy) is 1. The summed E-state index contributed by atoms with van der Waals surface area (Å²) in [5.41, 5.74) is 1.97. The molecule has 0 atom stereocenters. The molecule has 3 aromatic rings. The number of anilines is 2. The number of pyridine rings is 1. The number of amides is 2. The Balaban J connectivity index is 1.70. The van der Waals surface area contributed by atoms with Crippen LogP contribution in [0.4, 0.5) is 11.4 Å². The molecular formula is C21H19N3O4S. The number of carbonyl (C=O) groups is 3. The predicted molar refractivity (Wildman–Crippen MR) is 112 cm³/mol. The van der Waals surface area contributed by atoms with Gasteiger partial charge in [-0.25, -0.2) is 9.78 Å². The number of hydrogen-bond donors (Lipinski definition) is 2. The molecule has 0 unspecified atom stereocenters. The van der Waals surface area contributed by atoms with E-state index in [0.29, 0.717) is 27.5 Å². The average molecular weight is 409 g/mol. The lowest BCUT2D eigenvalue weighted by atomic mass is 10.2. The summed E-state index contributed by atoms with van der Waals surface area (Å²) in [5.74, 6) is -1.11. The molecule has 2 amide bonds. The Kier molecular flexibility index (Phi) is 6.36. The van der Waals surface area contributed by atoms with Crippen LogP contribution in [0.2, 0.25) is 0 Å². The molecule has 3 rings (SSSR count). The van der Waals surface area contributed by atoms with Gasteiger partial charge in [-0.15, -0.1) is 11.3 Å². The molecule has 2 aromatic heterocycles. The zero-order valence-electron chi connectivity index (χ0n) is 15.9. The summed E-state index contributed by atoms with van der Waals surface area (Å²) in [4.78, 5) is 41.3. The maximum Gasteiger partial charge on any atom is 0.339 e. The molecule has 7 nitrogen and oxygen atoms in total. The summed E-state index contributed by atoms with van der Waals surface area (Å²) in [5, 5.41) is 7.36. The van der Waals surface area contributed by atoms with E-state index in [1.165, 1.54) is 23.5 Å². The highest BCUT2D eigenvalue weighted by Crippen LogP contribution is 2.18. The van der Waals surface area contributed by atoms with Gasteiger partial charge < -0.3 is 15.4 Å². The van der Waals surface area contributed by atoms with Gasteiger partial charge in [0, 0.05) is 11.4 Å². The van der Waals surface area contributed by atoms with Crippen molar-refractivity contribution >= 4 is 40.5 Å². The van der Waals surface area contributed by atoms with E-state index >= 15 is 0 Å². The number of nitrogens with one attached hydrogen (secondary N) is 2. The zero-order chi connectivity index (χ0) is 20.8. The number of aryl methyl sites for hydroxylation is 1. The van der Waals surface area contributed by atoms with Gasteiger partial charge in [0.2, 0.25) is 0 Å². The first-order valence-electron chi connectivity index (χ1n) is 8.89. The number of benzene rings is 1. The Morgan fingerprint density at radius 1 is 1.00 bits per heavy atom. The van der Waals surface area contributed by atoms with Gasteiger partial charge in [0.1, 0.15) is 5.69 Å². The minimum atomic E-state index is -0.473. The second-order valence-electron chi connectivity index (χ2n) is 6.02. The summed E-state index contributed by atoms with van der Waals surface area (Å²) in [6.45, 7) is 3.63. The molecule has 0 spiro atoms. The van der Waals surface area contributed by atoms with Gasteiger partial charge in [-0.05, 0) is 55.6 Å². The lowest BCUT2D eigenvalue weighted by Gasteiger charge is -2.10. The van der Waals surface area contributed by atoms with Crippen molar-refractivity contribution in [2.24, 2.45) is 0 Å². The van der Waals surface area contributed by atoms with E-state index in [2.05, 4.69) is 15.6 Å². The minimum Gasteiger partial charge on any atom is -0.462 e. The van der Waals surface area contributed by atoms with Crippen molar-refractivity contribution in [3.05, 3.63) is 75.7 Å². The molecule has 0 saturated carbocycles. The molecule has 29 heavy (non-hydrogen) atoms. The standard InChI is InChI=1S/C21H19N3O4S/c1-3-28-21(27)16-9-10-17(22-13(16)2)19(25)23-14-6-4-7-15(12-14)24-20(26)18-8-5-11-29-18/h4-12H,3H2,1-2H3,(H,23,25)(H,24,26). The third-order valence-electron chi connectivity index (χ3n) is 3.94. The maximum atomic E-state index is 12.5. The number of esters is 1. The van der Waals surface area contributed by atoms with Crippen molar-refractivity contribution in [3.63, 3.8) is 0 Å². The molecule has 2 heterocycles. The van der Waals surface area contributed by atoms with Crippen LogP contribution in [0.5, 0.6) is 0 Å². The lowest BCUT2D eigenvalue weighted by molar-refractivity contribution is 0.0524. The highest BCUT2D eigenvalue weighted by Gasteiger charge is 2.15. The molecule has 2 N–H and O–H groups in total. The average Bonchev–Trinajstić information content (AvgIpc) is 3.23. The smallest absolute Gasteiger partial charge is 0.339 e. The number of thiophene rings is 1. The number of carbonyl (C=O) groups excluding carboxylic acids is 3. The monoisotopic (exact) mass is 409 g/mol. The van der Waals surface area contributed by atoms with Gasteiger partial charge >= 0.3 is 5.97 Å². The zero-order valence-corrected chi connectivity index (χ0v) is 16.7. The largest absolute Gasteiger partial charge is 0.462 e. The Hall–Kier alpha value is -3.52. The number of rotatable bonds is 6. The fourth-order valence-electron chi connectivity index (χ4n) is 2.58. The van der Waals surface area contributed by atoms with Gasteiger partial charge in [-0.1, -0.05) is 12.1 Å². The molecule has 0 radical (unpaired) electrons. The van der Waals surface area contributed by atoms with Gasteiger partial charge in [-0.2, -0.15) is 0 Å². The lowest BCUT2D eigenvalue weighted by Crippen LogP contribution is -2.16. The number of hydrogen-bond acceptors (Lipinski definition) is 6. The van der Waals surface area contributed by atoms with Gasteiger partial charge in [0.15, 0.2) is 0 Å². The second kappa shape index (κ2) is 9.11. The van der Waals surface area contributed by atoms with Crippen molar-refractivity contribution in [2.75, 3.05) is 17.2 Å². The van der Waals surface area contributed by atoms with E-state index in [1.54, 1.807) is 50.2 Å². The minimum absolute atomic E-state index is 0.170. The third-order valence-corrected chi connectivity index (χ3v) is 4.81. The summed E-state index contributed by atoms with van der Waals surface area (Å²) in [6, 6.07) is 13.4. The summed E-state index contributed by atoms with van der Waals surface area (Å²) in [6.07, 6.45) is 0. The Labute approximate surface area is 171 Å². The Bertz CT molecular complexity index is 1050. The van der Waals surface area contributed by atoms with E-state index in [-0.39, 0.29) is 18.2 Å². The fraction of sp³-hybridized carbons (Fsp3) is 0.143. The Morgan fingerprint density at radius 2 is 1.72 bits per heavy atom. The summed E-state index contributed by atoms with van der Waals surface area (Å²) < 4.78 is 4.96. The summed E-state index contributed by atoms with van der Waals surface area (Å²) in [7, 11) is 0. The molecular weight excluding hydrogens is 390 g/mol. The molecule has 0 aliphatic heterocycles. The second-order valence-corrected chi connectivity index (χ2v) is 6.96. The molecule has 0 aliphatic rings. The fourth-order valence-corrected chi connectivity index (χ4v) is 3.20. The van der Waals surface area contributed by atoms with E-state index in [9.17, 15) is 14.4 Å². The van der Waals surface area contributed by atoms with Crippen molar-refractivity contribution in [1.29, 1.82) is 0 Å². The van der Waals surface area contributed by atoms with E-state index < -0.39 is 11.9 Å².